The van der Waals surface area contributed by atoms with E-state index in [9.17, 15) is 14.0 Å². The molecule has 174 valence electrons. The van der Waals surface area contributed by atoms with E-state index < -0.39 is 11.9 Å². The summed E-state index contributed by atoms with van der Waals surface area (Å²) in [6.45, 7) is 2.31. The highest BCUT2D eigenvalue weighted by molar-refractivity contribution is 5.98. The zero-order valence-electron chi connectivity index (χ0n) is 18.8. The molecule has 1 N–H and O–H groups in total. The van der Waals surface area contributed by atoms with Gasteiger partial charge in [0.15, 0.2) is 5.82 Å². The Labute approximate surface area is 191 Å². The average Bonchev–Trinajstić information content (AvgIpc) is 3.43. The molecule has 0 radical (unpaired) electrons. The summed E-state index contributed by atoms with van der Waals surface area (Å²) in [4.78, 5) is 28.9. The molecule has 1 unspecified atom stereocenters. The highest BCUT2D eigenvalue weighted by atomic mass is 19.1. The number of likely N-dealkylation sites (tertiary alicyclic amines) is 1. The minimum absolute atomic E-state index is 0.170. The van der Waals surface area contributed by atoms with Crippen LogP contribution in [0.3, 0.4) is 0 Å². The normalized spacial score (nSPS) is 32.4. The quantitative estimate of drug-likeness (QED) is 0.769. The SMILES string of the molecule is Cc1nnnn1-c1cc(NC(=O)C2CCCN2C(=O)C23CC4CC(CC(C4)C2)C3)ccc1F. The summed E-state index contributed by atoms with van der Waals surface area (Å²) in [5, 5.41) is 14.1. The molecule has 33 heavy (non-hydrogen) atoms. The minimum Gasteiger partial charge on any atom is -0.330 e. The van der Waals surface area contributed by atoms with Gasteiger partial charge in [-0.05, 0) is 105 Å². The van der Waals surface area contributed by atoms with Crippen molar-refractivity contribution in [3.63, 3.8) is 0 Å². The van der Waals surface area contributed by atoms with E-state index in [0.717, 1.165) is 25.7 Å². The van der Waals surface area contributed by atoms with E-state index in [0.29, 0.717) is 42.2 Å². The van der Waals surface area contributed by atoms with Crippen LogP contribution in [0.5, 0.6) is 0 Å². The third-order valence-electron chi connectivity index (χ3n) is 8.38. The van der Waals surface area contributed by atoms with Gasteiger partial charge in [0, 0.05) is 12.2 Å². The van der Waals surface area contributed by atoms with Gasteiger partial charge in [0.05, 0.1) is 5.41 Å². The maximum Gasteiger partial charge on any atom is 0.247 e. The van der Waals surface area contributed by atoms with E-state index in [1.165, 1.54) is 42.1 Å². The molecule has 4 saturated carbocycles. The van der Waals surface area contributed by atoms with E-state index in [1.807, 2.05) is 4.90 Å². The molecule has 9 heteroatoms. The molecule has 0 spiro atoms. The van der Waals surface area contributed by atoms with Gasteiger partial charge < -0.3 is 10.2 Å². The summed E-state index contributed by atoms with van der Waals surface area (Å²) in [6.07, 6.45) is 8.32. The third kappa shape index (κ3) is 3.43. The first-order valence-corrected chi connectivity index (χ1v) is 12.1. The first-order chi connectivity index (χ1) is 15.9. The molecule has 1 atom stereocenters. The van der Waals surface area contributed by atoms with Crippen molar-refractivity contribution in [3.05, 3.63) is 29.8 Å². The van der Waals surface area contributed by atoms with E-state index in [4.69, 9.17) is 0 Å². The number of tetrazole rings is 1. The number of carbonyl (C=O) groups is 2. The number of hydrogen-bond acceptors (Lipinski definition) is 5. The second-order valence-corrected chi connectivity index (χ2v) is 10.6. The Kier molecular flexibility index (Phi) is 4.78. The van der Waals surface area contributed by atoms with Crippen LogP contribution in [0.25, 0.3) is 5.69 Å². The maximum atomic E-state index is 14.4. The van der Waals surface area contributed by atoms with Crippen LogP contribution >= 0.6 is 0 Å². The Bertz CT molecular complexity index is 1080. The summed E-state index contributed by atoms with van der Waals surface area (Å²) >= 11 is 0. The van der Waals surface area contributed by atoms with Crippen LogP contribution in [0.2, 0.25) is 0 Å². The van der Waals surface area contributed by atoms with Crippen LogP contribution in [-0.4, -0.2) is 49.5 Å². The molecular weight excluding hydrogens is 423 g/mol. The summed E-state index contributed by atoms with van der Waals surface area (Å²) in [5.74, 6) is 2.00. The van der Waals surface area contributed by atoms with Crippen LogP contribution in [0.1, 0.15) is 57.2 Å². The molecule has 4 aliphatic carbocycles. The van der Waals surface area contributed by atoms with Gasteiger partial charge in [-0.1, -0.05) is 0 Å². The number of aryl methyl sites for hydroxylation is 1. The Morgan fingerprint density at radius 2 is 1.82 bits per heavy atom. The van der Waals surface area contributed by atoms with Crippen molar-refractivity contribution < 1.29 is 14.0 Å². The van der Waals surface area contributed by atoms with Gasteiger partial charge in [0.1, 0.15) is 17.5 Å². The highest BCUT2D eigenvalue weighted by Gasteiger charge is 2.56. The van der Waals surface area contributed by atoms with E-state index in [2.05, 4.69) is 20.8 Å². The fraction of sp³-hybridized carbons (Fsp3) is 0.625. The predicted octanol–water partition coefficient (Wildman–Crippen LogP) is 3.26. The molecule has 1 aromatic heterocycles. The molecule has 4 bridgehead atoms. The predicted molar refractivity (Wildman–Crippen MR) is 118 cm³/mol. The van der Waals surface area contributed by atoms with Gasteiger partial charge in [-0.3, -0.25) is 9.59 Å². The largest absolute Gasteiger partial charge is 0.330 e. The lowest BCUT2D eigenvalue weighted by molar-refractivity contribution is -0.160. The fourth-order valence-electron chi connectivity index (χ4n) is 7.39. The van der Waals surface area contributed by atoms with Gasteiger partial charge in [0.2, 0.25) is 11.8 Å². The molecule has 5 aliphatic rings. The topological polar surface area (TPSA) is 93.0 Å². The number of rotatable bonds is 4. The van der Waals surface area contributed by atoms with Crippen LogP contribution in [0.15, 0.2) is 18.2 Å². The van der Waals surface area contributed by atoms with Crippen LogP contribution in [0.4, 0.5) is 10.1 Å². The smallest absolute Gasteiger partial charge is 0.247 e. The Balaban J connectivity index is 1.21. The molecule has 1 aromatic carbocycles. The van der Waals surface area contributed by atoms with Gasteiger partial charge in [0.25, 0.3) is 0 Å². The zero-order chi connectivity index (χ0) is 22.7. The highest BCUT2D eigenvalue weighted by Crippen LogP contribution is 2.60. The summed E-state index contributed by atoms with van der Waals surface area (Å²) in [7, 11) is 0. The molecule has 2 aromatic rings. The summed E-state index contributed by atoms with van der Waals surface area (Å²) in [6, 6.07) is 3.86. The molecular formula is C24H29FN6O2. The number of carbonyl (C=O) groups excluding carboxylic acids is 2. The van der Waals surface area contributed by atoms with E-state index in [-0.39, 0.29) is 22.9 Å². The minimum atomic E-state index is -0.483. The van der Waals surface area contributed by atoms with Crippen LogP contribution < -0.4 is 5.32 Å². The monoisotopic (exact) mass is 452 g/mol. The van der Waals surface area contributed by atoms with Crippen molar-refractivity contribution >= 4 is 17.5 Å². The average molecular weight is 453 g/mol. The van der Waals surface area contributed by atoms with Crippen molar-refractivity contribution in [1.82, 2.24) is 25.1 Å². The molecule has 5 fully saturated rings. The van der Waals surface area contributed by atoms with Crippen molar-refractivity contribution in [2.45, 2.75) is 64.3 Å². The second-order valence-electron chi connectivity index (χ2n) is 10.6. The first-order valence-electron chi connectivity index (χ1n) is 12.1. The lowest BCUT2D eigenvalue weighted by atomic mass is 9.49. The number of aromatic nitrogens is 4. The molecule has 1 aliphatic heterocycles. The van der Waals surface area contributed by atoms with Gasteiger partial charge >= 0.3 is 0 Å². The molecule has 2 heterocycles. The Morgan fingerprint density at radius 3 is 2.45 bits per heavy atom. The number of benzene rings is 1. The summed E-state index contributed by atoms with van der Waals surface area (Å²) in [5.41, 5.74) is 0.377. The number of halogens is 1. The second kappa shape index (κ2) is 7.60. The lowest BCUT2D eigenvalue weighted by Crippen LogP contribution is -2.56. The summed E-state index contributed by atoms with van der Waals surface area (Å²) < 4.78 is 15.7. The molecule has 2 amide bonds. The maximum absolute atomic E-state index is 14.4. The number of amides is 2. The number of hydrogen-bond donors (Lipinski definition) is 1. The van der Waals surface area contributed by atoms with Crippen LogP contribution in [0, 0.1) is 35.9 Å². The van der Waals surface area contributed by atoms with Crippen molar-refractivity contribution in [1.29, 1.82) is 0 Å². The van der Waals surface area contributed by atoms with Crippen molar-refractivity contribution in [2.24, 2.45) is 23.2 Å². The molecule has 8 nitrogen and oxygen atoms in total. The zero-order valence-corrected chi connectivity index (χ0v) is 18.8. The van der Waals surface area contributed by atoms with Crippen molar-refractivity contribution in [3.8, 4) is 5.69 Å². The van der Waals surface area contributed by atoms with Gasteiger partial charge in [-0.15, -0.1) is 5.10 Å². The Hall–Kier alpha value is -2.84. The van der Waals surface area contributed by atoms with Crippen molar-refractivity contribution in [2.75, 3.05) is 11.9 Å². The third-order valence-corrected chi connectivity index (χ3v) is 8.38. The molecule has 1 saturated heterocycles. The van der Waals surface area contributed by atoms with Crippen LogP contribution in [-0.2, 0) is 9.59 Å². The fourth-order valence-corrected chi connectivity index (χ4v) is 7.39. The molecule has 7 rings (SSSR count). The lowest BCUT2D eigenvalue weighted by Gasteiger charge is -2.56. The standard InChI is InChI=1S/C24H29FN6O2/c1-14-27-28-29-31(14)21-10-18(4-5-19(21)25)26-22(32)20-3-2-6-30(20)23(33)24-11-15-7-16(12-24)9-17(8-15)13-24/h4-5,10,15-17,20H,2-3,6-9,11-13H2,1H3,(H,26,32). The number of nitrogens with zero attached hydrogens (tertiary/aromatic N) is 5. The number of nitrogens with one attached hydrogen (secondary N) is 1. The first kappa shape index (κ1) is 20.7. The van der Waals surface area contributed by atoms with Gasteiger partial charge in [-0.2, -0.15) is 4.68 Å². The number of anilines is 1. The Morgan fingerprint density at radius 1 is 1.12 bits per heavy atom. The van der Waals surface area contributed by atoms with Gasteiger partial charge in [-0.25, -0.2) is 4.39 Å². The van der Waals surface area contributed by atoms with E-state index >= 15 is 0 Å². The van der Waals surface area contributed by atoms with E-state index in [1.54, 1.807) is 6.92 Å².